The van der Waals surface area contributed by atoms with Gasteiger partial charge in [-0.2, -0.15) is 0 Å². The van der Waals surface area contributed by atoms with E-state index in [4.69, 9.17) is 4.42 Å². The van der Waals surface area contributed by atoms with Crippen molar-refractivity contribution in [3.05, 3.63) is 54.2 Å². The Morgan fingerprint density at radius 2 is 2.31 bits per heavy atom. The maximum Gasteiger partial charge on any atom is 0.105 e. The molecule has 3 heteroatoms. The Morgan fingerprint density at radius 3 is 3.00 bits per heavy atom. The van der Waals surface area contributed by atoms with Gasteiger partial charge in [0.05, 0.1) is 6.26 Å². The first kappa shape index (κ1) is 10.9. The summed E-state index contributed by atoms with van der Waals surface area (Å²) in [6.07, 6.45) is 6.31. The SMILES string of the molecule is CC(NCCc1ccco1)c1cccnc1. The molecule has 1 N–H and O–H groups in total. The van der Waals surface area contributed by atoms with Crippen molar-refractivity contribution in [1.29, 1.82) is 0 Å². The number of hydrogen-bond acceptors (Lipinski definition) is 3. The van der Waals surface area contributed by atoms with Gasteiger partial charge in [-0.1, -0.05) is 6.07 Å². The van der Waals surface area contributed by atoms with Gasteiger partial charge in [0.2, 0.25) is 0 Å². The van der Waals surface area contributed by atoms with Crippen molar-refractivity contribution in [2.24, 2.45) is 0 Å². The highest BCUT2D eigenvalue weighted by molar-refractivity contribution is 5.12. The normalized spacial score (nSPS) is 12.6. The Kier molecular flexibility index (Phi) is 3.72. The van der Waals surface area contributed by atoms with Gasteiger partial charge in [0, 0.05) is 31.4 Å². The first-order valence-corrected chi connectivity index (χ1v) is 5.52. The number of pyridine rings is 1. The zero-order valence-corrected chi connectivity index (χ0v) is 9.39. The molecule has 84 valence electrons. The molecule has 0 bridgehead atoms. The fourth-order valence-corrected chi connectivity index (χ4v) is 1.62. The molecule has 0 saturated carbocycles. The third-order valence-corrected chi connectivity index (χ3v) is 2.59. The van der Waals surface area contributed by atoms with Crippen LogP contribution in [0, 0.1) is 0 Å². The van der Waals surface area contributed by atoms with Gasteiger partial charge in [-0.25, -0.2) is 0 Å². The van der Waals surface area contributed by atoms with Gasteiger partial charge in [-0.05, 0) is 30.7 Å². The molecule has 2 aromatic heterocycles. The predicted molar refractivity (Wildman–Crippen MR) is 63.1 cm³/mol. The lowest BCUT2D eigenvalue weighted by molar-refractivity contribution is 0.486. The fourth-order valence-electron chi connectivity index (χ4n) is 1.62. The maximum absolute atomic E-state index is 5.27. The molecule has 2 aromatic rings. The zero-order valence-electron chi connectivity index (χ0n) is 9.39. The lowest BCUT2D eigenvalue weighted by atomic mass is 10.1. The molecule has 16 heavy (non-hydrogen) atoms. The van der Waals surface area contributed by atoms with E-state index >= 15 is 0 Å². The van der Waals surface area contributed by atoms with Gasteiger partial charge in [-0.3, -0.25) is 4.98 Å². The topological polar surface area (TPSA) is 38.1 Å². The molecule has 0 aliphatic heterocycles. The molecule has 0 saturated heterocycles. The minimum Gasteiger partial charge on any atom is -0.469 e. The molecule has 0 aliphatic rings. The molecule has 0 aromatic carbocycles. The Balaban J connectivity index is 1.78. The zero-order chi connectivity index (χ0) is 11.2. The van der Waals surface area contributed by atoms with Crippen LogP contribution >= 0.6 is 0 Å². The molecule has 0 radical (unpaired) electrons. The lowest BCUT2D eigenvalue weighted by Gasteiger charge is -2.12. The number of aromatic nitrogens is 1. The van der Waals surface area contributed by atoms with Crippen molar-refractivity contribution in [1.82, 2.24) is 10.3 Å². The van der Waals surface area contributed by atoms with E-state index in [1.54, 1.807) is 12.5 Å². The van der Waals surface area contributed by atoms with Gasteiger partial charge in [-0.15, -0.1) is 0 Å². The summed E-state index contributed by atoms with van der Waals surface area (Å²) in [4.78, 5) is 4.11. The van der Waals surface area contributed by atoms with Crippen LogP contribution in [0.5, 0.6) is 0 Å². The minimum absolute atomic E-state index is 0.323. The predicted octanol–water partition coefficient (Wildman–Crippen LogP) is 2.57. The van der Waals surface area contributed by atoms with Crippen LogP contribution in [0.4, 0.5) is 0 Å². The third-order valence-electron chi connectivity index (χ3n) is 2.59. The molecule has 0 fully saturated rings. The highest BCUT2D eigenvalue weighted by Gasteiger charge is 2.04. The Bertz CT molecular complexity index is 397. The van der Waals surface area contributed by atoms with E-state index in [0.717, 1.165) is 18.7 Å². The lowest BCUT2D eigenvalue weighted by Crippen LogP contribution is -2.21. The average molecular weight is 216 g/mol. The van der Waals surface area contributed by atoms with E-state index in [9.17, 15) is 0 Å². The van der Waals surface area contributed by atoms with Crippen molar-refractivity contribution in [3.8, 4) is 0 Å². The maximum atomic E-state index is 5.27. The summed E-state index contributed by atoms with van der Waals surface area (Å²) in [7, 11) is 0. The van der Waals surface area contributed by atoms with Crippen molar-refractivity contribution in [3.63, 3.8) is 0 Å². The highest BCUT2D eigenvalue weighted by Crippen LogP contribution is 2.09. The van der Waals surface area contributed by atoms with Gasteiger partial charge in [0.15, 0.2) is 0 Å². The summed E-state index contributed by atoms with van der Waals surface area (Å²) in [5.41, 5.74) is 1.21. The molecule has 3 nitrogen and oxygen atoms in total. The monoisotopic (exact) mass is 216 g/mol. The third kappa shape index (κ3) is 2.94. The highest BCUT2D eigenvalue weighted by atomic mass is 16.3. The number of nitrogens with zero attached hydrogens (tertiary/aromatic N) is 1. The van der Waals surface area contributed by atoms with Crippen LogP contribution in [0.2, 0.25) is 0 Å². The van der Waals surface area contributed by atoms with Gasteiger partial charge in [0.1, 0.15) is 5.76 Å². The second-order valence-electron chi connectivity index (χ2n) is 3.79. The van der Waals surface area contributed by atoms with Gasteiger partial charge in [0.25, 0.3) is 0 Å². The van der Waals surface area contributed by atoms with Gasteiger partial charge < -0.3 is 9.73 Å². The average Bonchev–Trinajstić information content (AvgIpc) is 2.83. The fraction of sp³-hybridized carbons (Fsp3) is 0.308. The molecular formula is C13H16N2O. The quantitative estimate of drug-likeness (QED) is 0.834. The number of furan rings is 1. The van der Waals surface area contributed by atoms with E-state index in [-0.39, 0.29) is 0 Å². The molecule has 0 amide bonds. The molecule has 2 rings (SSSR count). The largest absolute Gasteiger partial charge is 0.469 e. The summed E-state index contributed by atoms with van der Waals surface area (Å²) in [5.74, 6) is 1.02. The van der Waals surface area contributed by atoms with Crippen LogP contribution in [0.15, 0.2) is 47.3 Å². The first-order valence-electron chi connectivity index (χ1n) is 5.52. The summed E-state index contributed by atoms with van der Waals surface area (Å²) < 4.78 is 5.27. The summed E-state index contributed by atoms with van der Waals surface area (Å²) >= 11 is 0. The van der Waals surface area contributed by atoms with E-state index < -0.39 is 0 Å². The summed E-state index contributed by atoms with van der Waals surface area (Å²) in [6.45, 7) is 3.04. The summed E-state index contributed by atoms with van der Waals surface area (Å²) in [5, 5.41) is 3.44. The number of hydrogen-bond donors (Lipinski definition) is 1. The van der Waals surface area contributed by atoms with E-state index in [0.29, 0.717) is 6.04 Å². The van der Waals surface area contributed by atoms with E-state index in [2.05, 4.69) is 23.3 Å². The van der Waals surface area contributed by atoms with Crippen LogP contribution in [0.25, 0.3) is 0 Å². The van der Waals surface area contributed by atoms with E-state index in [1.807, 2.05) is 24.4 Å². The molecule has 1 unspecified atom stereocenters. The summed E-state index contributed by atoms with van der Waals surface area (Å²) in [6, 6.07) is 8.28. The number of rotatable bonds is 5. The molecular weight excluding hydrogens is 200 g/mol. The van der Waals surface area contributed by atoms with Crippen LogP contribution in [-0.2, 0) is 6.42 Å². The van der Waals surface area contributed by atoms with Crippen LogP contribution in [-0.4, -0.2) is 11.5 Å². The molecule has 0 aliphatic carbocycles. The second kappa shape index (κ2) is 5.47. The standard InChI is InChI=1S/C13H16N2O/c1-11(12-4-2-7-14-10-12)15-8-6-13-5-3-9-16-13/h2-5,7,9-11,15H,6,8H2,1H3. The van der Waals surface area contributed by atoms with Gasteiger partial charge >= 0.3 is 0 Å². The molecule has 2 heterocycles. The molecule has 0 spiro atoms. The Hall–Kier alpha value is -1.61. The van der Waals surface area contributed by atoms with Crippen LogP contribution < -0.4 is 5.32 Å². The molecule has 1 atom stereocenters. The Labute approximate surface area is 95.5 Å². The first-order chi connectivity index (χ1) is 7.86. The van der Waals surface area contributed by atoms with E-state index in [1.165, 1.54) is 5.56 Å². The van der Waals surface area contributed by atoms with Crippen molar-refractivity contribution in [2.75, 3.05) is 6.54 Å². The Morgan fingerprint density at radius 1 is 1.38 bits per heavy atom. The smallest absolute Gasteiger partial charge is 0.105 e. The minimum atomic E-state index is 0.323. The van der Waals surface area contributed by atoms with Crippen LogP contribution in [0.3, 0.4) is 0 Å². The number of nitrogens with one attached hydrogen (secondary N) is 1. The van der Waals surface area contributed by atoms with Crippen molar-refractivity contribution >= 4 is 0 Å². The second-order valence-corrected chi connectivity index (χ2v) is 3.79. The van der Waals surface area contributed by atoms with Crippen molar-refractivity contribution < 1.29 is 4.42 Å². The van der Waals surface area contributed by atoms with Crippen LogP contribution in [0.1, 0.15) is 24.3 Å². The van der Waals surface area contributed by atoms with Crippen molar-refractivity contribution in [2.45, 2.75) is 19.4 Å².